The van der Waals surface area contributed by atoms with Crippen molar-refractivity contribution >= 4 is 5.91 Å². The average molecular weight is 327 g/mol. The van der Waals surface area contributed by atoms with Crippen LogP contribution >= 0.6 is 0 Å². The molecule has 2 atom stereocenters. The van der Waals surface area contributed by atoms with Gasteiger partial charge in [0.2, 0.25) is 0 Å². The second kappa shape index (κ2) is 6.97. The molecule has 6 heteroatoms. The highest BCUT2D eigenvalue weighted by atomic mass is 16.5. The molecule has 24 heavy (non-hydrogen) atoms. The van der Waals surface area contributed by atoms with Crippen LogP contribution in [0.5, 0.6) is 0 Å². The molecule has 0 radical (unpaired) electrons. The summed E-state index contributed by atoms with van der Waals surface area (Å²) in [6.45, 7) is 2.89. The van der Waals surface area contributed by atoms with Gasteiger partial charge in [0.15, 0.2) is 0 Å². The molecule has 126 valence electrons. The van der Waals surface area contributed by atoms with Gasteiger partial charge < -0.3 is 14.6 Å². The van der Waals surface area contributed by atoms with E-state index in [1.807, 2.05) is 19.1 Å². The van der Waals surface area contributed by atoms with E-state index >= 15 is 0 Å². The zero-order valence-corrected chi connectivity index (χ0v) is 13.9. The third-order valence-electron chi connectivity index (χ3n) is 4.56. The molecule has 1 aliphatic heterocycles. The zero-order chi connectivity index (χ0) is 17.1. The van der Waals surface area contributed by atoms with Crippen LogP contribution < -0.4 is 10.9 Å². The van der Waals surface area contributed by atoms with Crippen LogP contribution in [-0.2, 0) is 18.2 Å². The van der Waals surface area contributed by atoms with Crippen LogP contribution in [0.1, 0.15) is 21.6 Å². The predicted octanol–water partition coefficient (Wildman–Crippen LogP) is 1.08. The molecular formula is C18H21N3O3. The Bertz CT molecular complexity index is 786. The Hall–Kier alpha value is -2.47. The van der Waals surface area contributed by atoms with Gasteiger partial charge >= 0.3 is 0 Å². The van der Waals surface area contributed by atoms with E-state index in [1.54, 1.807) is 31.6 Å². The van der Waals surface area contributed by atoms with Crippen molar-refractivity contribution in [3.63, 3.8) is 0 Å². The summed E-state index contributed by atoms with van der Waals surface area (Å²) in [7, 11) is 1.67. The molecule has 1 N–H and O–H groups in total. The minimum atomic E-state index is -0.342. The van der Waals surface area contributed by atoms with Crippen molar-refractivity contribution in [3.8, 4) is 0 Å². The van der Waals surface area contributed by atoms with Crippen molar-refractivity contribution in [2.24, 2.45) is 13.0 Å². The van der Waals surface area contributed by atoms with Crippen molar-refractivity contribution in [1.82, 2.24) is 14.9 Å². The highest BCUT2D eigenvalue weighted by Crippen LogP contribution is 2.19. The van der Waals surface area contributed by atoms with Gasteiger partial charge in [-0.2, -0.15) is 0 Å². The van der Waals surface area contributed by atoms with Crippen molar-refractivity contribution < 1.29 is 9.53 Å². The number of hydrogen-bond acceptors (Lipinski definition) is 4. The lowest BCUT2D eigenvalue weighted by Gasteiger charge is -2.19. The molecule has 1 fully saturated rings. The zero-order valence-electron chi connectivity index (χ0n) is 13.9. The number of carbonyl (C=O) groups is 1. The van der Waals surface area contributed by atoms with Gasteiger partial charge in [-0.1, -0.05) is 0 Å². The largest absolute Gasteiger partial charge is 0.379 e. The molecule has 2 aromatic rings. The van der Waals surface area contributed by atoms with Gasteiger partial charge in [0, 0.05) is 31.1 Å². The van der Waals surface area contributed by atoms with Gasteiger partial charge in [-0.25, -0.2) is 0 Å². The summed E-state index contributed by atoms with van der Waals surface area (Å²) in [5.74, 6) is -0.156. The lowest BCUT2D eigenvalue weighted by molar-refractivity contribution is 0.0923. The number of amides is 1. The van der Waals surface area contributed by atoms with Crippen LogP contribution in [0, 0.1) is 12.8 Å². The van der Waals surface area contributed by atoms with Crippen molar-refractivity contribution in [2.75, 3.05) is 13.2 Å². The number of rotatable bonds is 4. The Morgan fingerprint density at radius 1 is 1.29 bits per heavy atom. The number of nitrogens with one attached hydrogen (secondary N) is 1. The van der Waals surface area contributed by atoms with E-state index in [4.69, 9.17) is 4.74 Å². The molecule has 1 aliphatic rings. The lowest BCUT2D eigenvalue weighted by atomic mass is 9.95. The standard InChI is InChI=1S/C18H21N3O3/c1-12-3-4-15(18(23)21(12)2)17(22)20-16-11-24-10-14(16)9-13-5-7-19-8-6-13/h3-8,14,16H,9-11H2,1-2H3,(H,20,22)/t14-,16-/m1/s1. The van der Waals surface area contributed by atoms with Crippen LogP contribution in [0.3, 0.4) is 0 Å². The summed E-state index contributed by atoms with van der Waals surface area (Å²) >= 11 is 0. The van der Waals surface area contributed by atoms with Gasteiger partial charge in [0.1, 0.15) is 5.56 Å². The summed E-state index contributed by atoms with van der Waals surface area (Å²) in [4.78, 5) is 28.7. The van der Waals surface area contributed by atoms with E-state index in [-0.39, 0.29) is 29.0 Å². The Morgan fingerprint density at radius 3 is 2.79 bits per heavy atom. The van der Waals surface area contributed by atoms with Gasteiger partial charge in [-0.3, -0.25) is 14.6 Å². The summed E-state index contributed by atoms with van der Waals surface area (Å²) in [5, 5.41) is 2.96. The van der Waals surface area contributed by atoms with Crippen LogP contribution in [-0.4, -0.2) is 34.7 Å². The molecule has 3 rings (SSSR count). The minimum absolute atomic E-state index is 0.100. The highest BCUT2D eigenvalue weighted by Gasteiger charge is 2.30. The molecule has 3 heterocycles. The van der Waals surface area contributed by atoms with Crippen molar-refractivity contribution in [1.29, 1.82) is 0 Å². The first-order valence-electron chi connectivity index (χ1n) is 8.00. The Kier molecular flexibility index (Phi) is 4.76. The number of ether oxygens (including phenoxy) is 1. The van der Waals surface area contributed by atoms with E-state index < -0.39 is 0 Å². The van der Waals surface area contributed by atoms with Crippen LogP contribution in [0.4, 0.5) is 0 Å². The van der Waals surface area contributed by atoms with Crippen molar-refractivity contribution in [3.05, 3.63) is 63.8 Å². The fourth-order valence-corrected chi connectivity index (χ4v) is 2.93. The van der Waals surface area contributed by atoms with Gasteiger partial charge in [-0.15, -0.1) is 0 Å². The fourth-order valence-electron chi connectivity index (χ4n) is 2.93. The number of aryl methyl sites for hydroxylation is 1. The lowest BCUT2D eigenvalue weighted by Crippen LogP contribution is -2.43. The second-order valence-electron chi connectivity index (χ2n) is 6.19. The maximum atomic E-state index is 12.5. The second-order valence-corrected chi connectivity index (χ2v) is 6.19. The minimum Gasteiger partial charge on any atom is -0.379 e. The third kappa shape index (κ3) is 3.38. The number of hydrogen-bond donors (Lipinski definition) is 1. The molecule has 1 saturated heterocycles. The van der Waals surface area contributed by atoms with E-state index in [1.165, 1.54) is 4.57 Å². The molecular weight excluding hydrogens is 306 g/mol. The summed E-state index contributed by atoms with van der Waals surface area (Å²) in [6, 6.07) is 7.19. The maximum Gasteiger partial charge on any atom is 0.263 e. The van der Waals surface area contributed by atoms with E-state index in [9.17, 15) is 9.59 Å². The molecule has 0 saturated carbocycles. The summed E-state index contributed by atoms with van der Waals surface area (Å²) in [6.07, 6.45) is 4.32. The predicted molar refractivity (Wildman–Crippen MR) is 89.9 cm³/mol. The van der Waals surface area contributed by atoms with Crippen molar-refractivity contribution in [2.45, 2.75) is 19.4 Å². The molecule has 0 spiro atoms. The molecule has 2 aromatic heterocycles. The SMILES string of the molecule is Cc1ccc(C(=O)N[C@@H]2COC[C@H]2Cc2ccncc2)c(=O)n1C. The first kappa shape index (κ1) is 16.4. The average Bonchev–Trinajstić information content (AvgIpc) is 3.00. The van der Waals surface area contributed by atoms with E-state index in [2.05, 4.69) is 10.3 Å². The fraction of sp³-hybridized carbons (Fsp3) is 0.389. The smallest absolute Gasteiger partial charge is 0.263 e. The van der Waals surface area contributed by atoms with Crippen LogP contribution in [0.15, 0.2) is 41.5 Å². The molecule has 0 bridgehead atoms. The van der Waals surface area contributed by atoms with E-state index in [0.29, 0.717) is 13.2 Å². The number of pyridine rings is 2. The molecule has 0 unspecified atom stereocenters. The molecule has 1 amide bonds. The Morgan fingerprint density at radius 2 is 2.04 bits per heavy atom. The maximum absolute atomic E-state index is 12.5. The van der Waals surface area contributed by atoms with Gasteiger partial charge in [0.25, 0.3) is 11.5 Å². The van der Waals surface area contributed by atoms with Crippen LogP contribution in [0.2, 0.25) is 0 Å². The monoisotopic (exact) mass is 327 g/mol. The first-order valence-corrected chi connectivity index (χ1v) is 8.00. The Balaban J connectivity index is 1.72. The molecule has 0 aromatic carbocycles. The first-order chi connectivity index (χ1) is 11.6. The topological polar surface area (TPSA) is 73.2 Å². The van der Waals surface area contributed by atoms with E-state index in [0.717, 1.165) is 17.7 Å². The molecule has 0 aliphatic carbocycles. The number of nitrogens with zero attached hydrogens (tertiary/aromatic N) is 2. The number of aromatic nitrogens is 2. The van der Waals surface area contributed by atoms with Gasteiger partial charge in [-0.05, 0) is 43.2 Å². The number of carbonyl (C=O) groups excluding carboxylic acids is 1. The molecule has 6 nitrogen and oxygen atoms in total. The van der Waals surface area contributed by atoms with Crippen LogP contribution in [0.25, 0.3) is 0 Å². The normalized spacial score (nSPS) is 20.1. The highest BCUT2D eigenvalue weighted by molar-refractivity contribution is 5.94. The van der Waals surface area contributed by atoms with Gasteiger partial charge in [0.05, 0.1) is 19.3 Å². The summed E-state index contributed by atoms with van der Waals surface area (Å²) < 4.78 is 7.02. The summed E-state index contributed by atoms with van der Waals surface area (Å²) in [5.41, 5.74) is 1.86. The Labute approximate surface area is 140 Å². The quantitative estimate of drug-likeness (QED) is 0.912. The third-order valence-corrected chi connectivity index (χ3v) is 4.56.